The molecular formula is C20H30N2O3. The fourth-order valence-corrected chi connectivity index (χ4v) is 4.31. The van der Waals surface area contributed by atoms with E-state index >= 15 is 0 Å². The van der Waals surface area contributed by atoms with E-state index in [9.17, 15) is 0 Å². The lowest BCUT2D eigenvalue weighted by Crippen LogP contribution is -2.62. The Kier molecular flexibility index (Phi) is 5.15. The van der Waals surface area contributed by atoms with Crippen LogP contribution in [0.4, 0.5) is 0 Å². The molecule has 4 rings (SSSR count). The van der Waals surface area contributed by atoms with Gasteiger partial charge in [0.15, 0.2) is 11.5 Å². The van der Waals surface area contributed by atoms with Gasteiger partial charge >= 0.3 is 0 Å². The van der Waals surface area contributed by atoms with Crippen LogP contribution in [0.1, 0.15) is 25.3 Å². The summed E-state index contributed by atoms with van der Waals surface area (Å²) in [5.74, 6) is 2.55. The predicted octanol–water partition coefficient (Wildman–Crippen LogP) is 2.39. The van der Waals surface area contributed by atoms with Gasteiger partial charge in [0.1, 0.15) is 0 Å². The van der Waals surface area contributed by atoms with Gasteiger partial charge in [-0.05, 0) is 43.4 Å². The Morgan fingerprint density at radius 3 is 2.80 bits per heavy atom. The van der Waals surface area contributed by atoms with Crippen molar-refractivity contribution in [3.05, 3.63) is 23.8 Å². The average Bonchev–Trinajstić information content (AvgIpc) is 3.47. The Bertz CT molecular complexity index is 590. The Balaban J connectivity index is 1.39. The molecule has 0 unspecified atom stereocenters. The summed E-state index contributed by atoms with van der Waals surface area (Å²) in [6, 6.07) is 7.52. The summed E-state index contributed by atoms with van der Waals surface area (Å²) in [4.78, 5) is 5.28. The molecule has 3 aliphatic rings. The first-order chi connectivity index (χ1) is 12.3. The number of benzene rings is 1. The van der Waals surface area contributed by atoms with Crippen LogP contribution < -0.4 is 9.47 Å². The normalized spacial score (nSPS) is 27.8. The minimum Gasteiger partial charge on any atom is -0.493 e. The van der Waals surface area contributed by atoms with E-state index in [0.29, 0.717) is 18.7 Å². The van der Waals surface area contributed by atoms with Crippen molar-refractivity contribution in [3.63, 3.8) is 0 Å². The summed E-state index contributed by atoms with van der Waals surface area (Å²) in [6.45, 7) is 8.83. The Morgan fingerprint density at radius 1 is 1.16 bits per heavy atom. The number of piperazine rings is 1. The van der Waals surface area contributed by atoms with Crippen LogP contribution in [-0.4, -0.2) is 68.4 Å². The van der Waals surface area contributed by atoms with Gasteiger partial charge < -0.3 is 14.2 Å². The average molecular weight is 346 g/mol. The highest BCUT2D eigenvalue weighted by molar-refractivity contribution is 5.43. The maximum absolute atomic E-state index is 5.93. The Morgan fingerprint density at radius 2 is 2.04 bits per heavy atom. The number of methoxy groups -OCH3 is 1. The van der Waals surface area contributed by atoms with Gasteiger partial charge in [-0.25, -0.2) is 0 Å². The summed E-state index contributed by atoms with van der Waals surface area (Å²) in [5.41, 5.74) is 1.28. The minimum atomic E-state index is 0.553. The third-order valence-electron chi connectivity index (χ3n) is 5.74. The van der Waals surface area contributed by atoms with E-state index in [-0.39, 0.29) is 0 Å². The molecule has 3 fully saturated rings. The second-order valence-electron chi connectivity index (χ2n) is 7.49. The lowest BCUT2D eigenvalue weighted by atomic mass is 10.0. The van der Waals surface area contributed by atoms with Crippen molar-refractivity contribution >= 4 is 0 Å². The SMILES string of the molecule is CCOc1ccc(CN2CCN3[C@@H](COC[C@@H]3C3CC3)C2)cc1OC. The Hall–Kier alpha value is -1.30. The zero-order valence-corrected chi connectivity index (χ0v) is 15.4. The number of ether oxygens (including phenoxy) is 3. The largest absolute Gasteiger partial charge is 0.493 e. The molecule has 1 saturated carbocycles. The van der Waals surface area contributed by atoms with E-state index in [1.165, 1.54) is 24.9 Å². The molecule has 25 heavy (non-hydrogen) atoms. The summed E-state index contributed by atoms with van der Waals surface area (Å²) in [7, 11) is 1.71. The molecule has 138 valence electrons. The maximum atomic E-state index is 5.93. The van der Waals surface area contributed by atoms with Gasteiger partial charge in [-0.2, -0.15) is 0 Å². The van der Waals surface area contributed by atoms with Crippen molar-refractivity contribution in [3.8, 4) is 11.5 Å². The molecule has 0 N–H and O–H groups in total. The molecule has 2 aliphatic heterocycles. The van der Waals surface area contributed by atoms with Crippen LogP contribution in [0.25, 0.3) is 0 Å². The number of fused-ring (bicyclic) bond motifs is 1. The first kappa shape index (κ1) is 17.1. The number of hydrogen-bond acceptors (Lipinski definition) is 5. The molecule has 1 aromatic rings. The van der Waals surface area contributed by atoms with E-state index in [2.05, 4.69) is 21.9 Å². The van der Waals surface area contributed by atoms with Crippen molar-refractivity contribution in [2.75, 3.05) is 46.6 Å². The van der Waals surface area contributed by atoms with Gasteiger partial charge in [-0.3, -0.25) is 9.80 Å². The van der Waals surface area contributed by atoms with Crippen LogP contribution in [0.2, 0.25) is 0 Å². The molecular weight excluding hydrogens is 316 g/mol. The zero-order chi connectivity index (χ0) is 17.2. The third kappa shape index (κ3) is 3.78. The summed E-state index contributed by atoms with van der Waals surface area (Å²) in [6.07, 6.45) is 2.79. The number of rotatable bonds is 6. The monoisotopic (exact) mass is 346 g/mol. The number of morpholine rings is 1. The molecule has 0 aromatic heterocycles. The first-order valence-corrected chi connectivity index (χ1v) is 9.64. The van der Waals surface area contributed by atoms with Crippen LogP contribution in [0.15, 0.2) is 18.2 Å². The molecule has 5 nitrogen and oxygen atoms in total. The number of hydrogen-bond donors (Lipinski definition) is 0. The first-order valence-electron chi connectivity index (χ1n) is 9.64. The van der Waals surface area contributed by atoms with Crippen LogP contribution in [-0.2, 0) is 11.3 Å². The lowest BCUT2D eigenvalue weighted by Gasteiger charge is -2.48. The van der Waals surface area contributed by atoms with E-state index in [1.807, 2.05) is 13.0 Å². The molecule has 2 heterocycles. The molecule has 0 radical (unpaired) electrons. The number of nitrogens with zero attached hydrogens (tertiary/aromatic N) is 2. The molecule has 0 amide bonds. The summed E-state index contributed by atoms with van der Waals surface area (Å²) < 4.78 is 17.0. The predicted molar refractivity (Wildman–Crippen MR) is 97.3 cm³/mol. The summed E-state index contributed by atoms with van der Waals surface area (Å²) >= 11 is 0. The van der Waals surface area contributed by atoms with Gasteiger partial charge in [-0.1, -0.05) is 6.07 Å². The lowest BCUT2D eigenvalue weighted by molar-refractivity contribution is -0.0880. The van der Waals surface area contributed by atoms with Crippen molar-refractivity contribution < 1.29 is 14.2 Å². The van der Waals surface area contributed by atoms with Crippen molar-refractivity contribution in [2.45, 2.75) is 38.4 Å². The maximum Gasteiger partial charge on any atom is 0.161 e. The topological polar surface area (TPSA) is 34.2 Å². The zero-order valence-electron chi connectivity index (χ0n) is 15.4. The van der Waals surface area contributed by atoms with E-state index in [1.54, 1.807) is 7.11 Å². The summed E-state index contributed by atoms with van der Waals surface area (Å²) in [5, 5.41) is 0. The third-order valence-corrected chi connectivity index (χ3v) is 5.74. The van der Waals surface area contributed by atoms with Gasteiger partial charge in [0, 0.05) is 38.3 Å². The quantitative estimate of drug-likeness (QED) is 0.790. The minimum absolute atomic E-state index is 0.553. The molecule has 1 aromatic carbocycles. The van der Waals surface area contributed by atoms with Gasteiger partial charge in [-0.15, -0.1) is 0 Å². The van der Waals surface area contributed by atoms with Crippen LogP contribution in [0.5, 0.6) is 11.5 Å². The standard InChI is InChI=1S/C20H30N2O3/c1-3-25-19-7-4-15(10-20(19)23-2)11-21-8-9-22-17(12-21)13-24-14-18(22)16-5-6-16/h4,7,10,16-18H,3,5-6,8-9,11-14H2,1-2H3/t17-,18-/m1/s1. The molecule has 5 heteroatoms. The van der Waals surface area contributed by atoms with Crippen LogP contribution in [0, 0.1) is 5.92 Å². The fraction of sp³-hybridized carbons (Fsp3) is 0.700. The van der Waals surface area contributed by atoms with Gasteiger partial charge in [0.2, 0.25) is 0 Å². The molecule has 2 saturated heterocycles. The van der Waals surface area contributed by atoms with Crippen LogP contribution in [0.3, 0.4) is 0 Å². The molecule has 0 spiro atoms. The second-order valence-corrected chi connectivity index (χ2v) is 7.49. The highest BCUT2D eigenvalue weighted by atomic mass is 16.5. The van der Waals surface area contributed by atoms with Gasteiger partial charge in [0.05, 0.1) is 26.9 Å². The molecule has 0 bridgehead atoms. The molecule has 2 atom stereocenters. The second kappa shape index (κ2) is 7.52. The van der Waals surface area contributed by atoms with Crippen molar-refractivity contribution in [1.82, 2.24) is 9.80 Å². The van der Waals surface area contributed by atoms with Crippen LogP contribution >= 0.6 is 0 Å². The van der Waals surface area contributed by atoms with E-state index < -0.39 is 0 Å². The van der Waals surface area contributed by atoms with Gasteiger partial charge in [0.25, 0.3) is 0 Å². The van der Waals surface area contributed by atoms with Crippen molar-refractivity contribution in [1.29, 1.82) is 0 Å². The Labute approximate surface area is 150 Å². The smallest absolute Gasteiger partial charge is 0.161 e. The fourth-order valence-electron chi connectivity index (χ4n) is 4.31. The van der Waals surface area contributed by atoms with Crippen molar-refractivity contribution in [2.24, 2.45) is 5.92 Å². The highest BCUT2D eigenvalue weighted by Crippen LogP contribution is 2.38. The molecule has 1 aliphatic carbocycles. The highest BCUT2D eigenvalue weighted by Gasteiger charge is 2.42. The van der Waals surface area contributed by atoms with E-state index in [0.717, 1.165) is 50.3 Å². The van der Waals surface area contributed by atoms with E-state index in [4.69, 9.17) is 14.2 Å².